The van der Waals surface area contributed by atoms with E-state index in [1.54, 1.807) is 0 Å². The standard InChI is InChI=1S/C46H30N2S/c1-2-12-34(13-3-1)47(43-19-10-17-41-39-16-7-9-20-44(39)49-46(41)43)35-26-21-31(22-27-35)32-23-28-36(29-24-32)48-42-18-8-6-15-38(42)40-30-25-33-11-4-5-14-37(33)45(40)48/h1-30H. The number of rotatable bonds is 5. The summed E-state index contributed by atoms with van der Waals surface area (Å²) in [5.74, 6) is 0. The van der Waals surface area contributed by atoms with Gasteiger partial charge in [-0.1, -0.05) is 127 Å². The summed E-state index contributed by atoms with van der Waals surface area (Å²) in [6.07, 6.45) is 0. The van der Waals surface area contributed by atoms with Crippen LogP contribution in [0.1, 0.15) is 0 Å². The number of para-hydroxylation sites is 2. The number of hydrogen-bond acceptors (Lipinski definition) is 2. The molecule has 0 bridgehead atoms. The number of hydrogen-bond donors (Lipinski definition) is 0. The van der Waals surface area contributed by atoms with E-state index in [1.807, 2.05) is 11.3 Å². The topological polar surface area (TPSA) is 8.17 Å². The molecule has 0 unspecified atom stereocenters. The van der Waals surface area contributed by atoms with Crippen LogP contribution < -0.4 is 4.90 Å². The van der Waals surface area contributed by atoms with Crippen LogP contribution in [0.15, 0.2) is 182 Å². The third-order valence-electron chi connectivity index (χ3n) is 9.78. The van der Waals surface area contributed by atoms with E-state index in [0.717, 1.165) is 17.1 Å². The minimum absolute atomic E-state index is 1.13. The number of nitrogens with zero attached hydrogens (tertiary/aromatic N) is 2. The Balaban J connectivity index is 1.06. The first-order valence-electron chi connectivity index (χ1n) is 16.7. The Hall–Kier alpha value is -6.16. The fourth-order valence-corrected chi connectivity index (χ4v) is 8.72. The van der Waals surface area contributed by atoms with E-state index in [9.17, 15) is 0 Å². The van der Waals surface area contributed by atoms with Crippen molar-refractivity contribution in [1.29, 1.82) is 0 Å². The molecule has 230 valence electrons. The van der Waals surface area contributed by atoms with E-state index in [0.29, 0.717) is 0 Å². The fraction of sp³-hybridized carbons (Fsp3) is 0. The van der Waals surface area contributed by atoms with Crippen molar-refractivity contribution < 1.29 is 0 Å². The van der Waals surface area contributed by atoms with Crippen LogP contribution in [-0.2, 0) is 0 Å². The van der Waals surface area contributed by atoms with Crippen molar-refractivity contribution in [3.8, 4) is 16.8 Å². The number of benzene rings is 8. The third-order valence-corrected chi connectivity index (χ3v) is 11.0. The van der Waals surface area contributed by atoms with Gasteiger partial charge in [-0.3, -0.25) is 0 Å². The first-order chi connectivity index (χ1) is 24.3. The van der Waals surface area contributed by atoms with Crippen molar-refractivity contribution >= 4 is 81.1 Å². The molecule has 0 fully saturated rings. The van der Waals surface area contributed by atoms with Gasteiger partial charge in [-0.2, -0.15) is 0 Å². The monoisotopic (exact) mass is 642 g/mol. The summed E-state index contributed by atoms with van der Waals surface area (Å²) >= 11 is 1.86. The van der Waals surface area contributed by atoms with Crippen LogP contribution in [0.5, 0.6) is 0 Å². The highest BCUT2D eigenvalue weighted by atomic mass is 32.1. The summed E-state index contributed by atoms with van der Waals surface area (Å²) in [6.45, 7) is 0. The van der Waals surface area contributed by atoms with Gasteiger partial charge in [-0.05, 0) is 71.1 Å². The first kappa shape index (κ1) is 27.9. The van der Waals surface area contributed by atoms with Crippen LogP contribution in [0, 0.1) is 0 Å². The molecule has 0 atom stereocenters. The summed E-state index contributed by atoms with van der Waals surface area (Å²) in [6, 6.07) is 66.0. The molecule has 2 aromatic heterocycles. The van der Waals surface area contributed by atoms with Gasteiger partial charge in [0.25, 0.3) is 0 Å². The van der Waals surface area contributed by atoms with E-state index >= 15 is 0 Å². The van der Waals surface area contributed by atoms with Crippen molar-refractivity contribution in [3.63, 3.8) is 0 Å². The molecule has 0 aliphatic rings. The normalized spacial score (nSPS) is 11.7. The molecule has 0 spiro atoms. The Labute approximate surface area is 288 Å². The lowest BCUT2D eigenvalue weighted by atomic mass is 10.0. The fourth-order valence-electron chi connectivity index (χ4n) is 7.52. The smallest absolute Gasteiger partial charge is 0.0640 e. The molecule has 0 aliphatic carbocycles. The van der Waals surface area contributed by atoms with Gasteiger partial charge >= 0.3 is 0 Å². The highest BCUT2D eigenvalue weighted by Gasteiger charge is 2.18. The summed E-state index contributed by atoms with van der Waals surface area (Å²) < 4.78 is 5.03. The number of fused-ring (bicyclic) bond motifs is 8. The minimum Gasteiger partial charge on any atom is -0.309 e. The maximum atomic E-state index is 2.42. The zero-order chi connectivity index (χ0) is 32.3. The lowest BCUT2D eigenvalue weighted by molar-refractivity contribution is 1.19. The first-order valence-corrected chi connectivity index (χ1v) is 17.5. The molecule has 10 aromatic rings. The second kappa shape index (κ2) is 11.2. The van der Waals surface area contributed by atoms with Crippen molar-refractivity contribution in [2.75, 3.05) is 4.90 Å². The summed E-state index contributed by atoms with van der Waals surface area (Å²) in [5, 5.41) is 7.69. The molecule has 2 nitrogen and oxygen atoms in total. The molecular weight excluding hydrogens is 613 g/mol. The van der Waals surface area contributed by atoms with E-state index < -0.39 is 0 Å². The molecule has 0 aliphatic heterocycles. The maximum Gasteiger partial charge on any atom is 0.0640 e. The van der Waals surface area contributed by atoms with Crippen LogP contribution in [0.25, 0.3) is 69.6 Å². The largest absolute Gasteiger partial charge is 0.309 e. The van der Waals surface area contributed by atoms with Crippen LogP contribution in [0.4, 0.5) is 17.1 Å². The Morgan fingerprint density at radius 1 is 0.408 bits per heavy atom. The van der Waals surface area contributed by atoms with E-state index in [-0.39, 0.29) is 0 Å². The summed E-state index contributed by atoms with van der Waals surface area (Å²) in [5.41, 5.74) is 9.49. The molecule has 10 rings (SSSR count). The van der Waals surface area contributed by atoms with E-state index in [2.05, 4.69) is 191 Å². The van der Waals surface area contributed by atoms with Gasteiger partial charge in [0, 0.05) is 48.7 Å². The molecule has 0 N–H and O–H groups in total. The van der Waals surface area contributed by atoms with Crippen LogP contribution in [0.2, 0.25) is 0 Å². The summed E-state index contributed by atoms with van der Waals surface area (Å²) in [4.78, 5) is 2.39. The molecule has 0 saturated carbocycles. The number of anilines is 3. The average Bonchev–Trinajstić information content (AvgIpc) is 3.73. The van der Waals surface area contributed by atoms with Gasteiger partial charge in [0.15, 0.2) is 0 Å². The van der Waals surface area contributed by atoms with Crippen LogP contribution in [-0.4, -0.2) is 4.57 Å². The Morgan fingerprint density at radius 2 is 1.04 bits per heavy atom. The Morgan fingerprint density at radius 3 is 1.86 bits per heavy atom. The van der Waals surface area contributed by atoms with Crippen molar-refractivity contribution in [2.45, 2.75) is 0 Å². The number of aromatic nitrogens is 1. The average molecular weight is 643 g/mol. The second-order valence-corrected chi connectivity index (χ2v) is 13.6. The van der Waals surface area contributed by atoms with Crippen molar-refractivity contribution in [1.82, 2.24) is 4.57 Å². The molecule has 8 aromatic carbocycles. The van der Waals surface area contributed by atoms with Gasteiger partial charge in [0.1, 0.15) is 0 Å². The molecular formula is C46H30N2S. The molecule has 3 heteroatoms. The van der Waals surface area contributed by atoms with Crippen molar-refractivity contribution in [3.05, 3.63) is 182 Å². The van der Waals surface area contributed by atoms with Gasteiger partial charge < -0.3 is 9.47 Å². The predicted octanol–water partition coefficient (Wildman–Crippen LogP) is 13.4. The van der Waals surface area contributed by atoms with Gasteiger partial charge in [0.05, 0.1) is 21.4 Å². The van der Waals surface area contributed by atoms with Crippen molar-refractivity contribution in [2.24, 2.45) is 0 Å². The zero-order valence-electron chi connectivity index (χ0n) is 26.6. The lowest BCUT2D eigenvalue weighted by Crippen LogP contribution is -2.09. The van der Waals surface area contributed by atoms with Crippen LogP contribution >= 0.6 is 11.3 Å². The lowest BCUT2D eigenvalue weighted by Gasteiger charge is -2.26. The SMILES string of the molecule is c1ccc(N(c2ccc(-c3ccc(-n4c5ccccc5c5ccc6ccccc6c54)cc3)cc2)c2cccc3c2sc2ccccc23)cc1. The highest BCUT2D eigenvalue weighted by molar-refractivity contribution is 7.26. The Bertz CT molecular complexity index is 2810. The minimum atomic E-state index is 1.13. The van der Waals surface area contributed by atoms with Crippen LogP contribution in [0.3, 0.4) is 0 Å². The molecule has 49 heavy (non-hydrogen) atoms. The maximum absolute atomic E-state index is 2.42. The predicted molar refractivity (Wildman–Crippen MR) is 211 cm³/mol. The van der Waals surface area contributed by atoms with Gasteiger partial charge in [0.2, 0.25) is 0 Å². The molecule has 0 amide bonds. The molecule has 0 saturated heterocycles. The zero-order valence-corrected chi connectivity index (χ0v) is 27.4. The molecule has 0 radical (unpaired) electrons. The van der Waals surface area contributed by atoms with Gasteiger partial charge in [-0.25, -0.2) is 0 Å². The summed E-state index contributed by atoms with van der Waals surface area (Å²) in [7, 11) is 0. The van der Waals surface area contributed by atoms with Gasteiger partial charge in [-0.15, -0.1) is 11.3 Å². The van der Waals surface area contributed by atoms with E-state index in [1.165, 1.54) is 69.6 Å². The third kappa shape index (κ3) is 4.47. The second-order valence-electron chi connectivity index (χ2n) is 12.6. The highest BCUT2D eigenvalue weighted by Crippen LogP contribution is 2.45. The molecule has 2 heterocycles. The quantitative estimate of drug-likeness (QED) is 0.181. The van der Waals surface area contributed by atoms with E-state index in [4.69, 9.17) is 0 Å². The Kier molecular flexibility index (Phi) is 6.39. The number of thiophene rings is 1.